The highest BCUT2D eigenvalue weighted by atomic mass is 32.1. The second-order valence-electron chi connectivity index (χ2n) is 5.90. The van der Waals surface area contributed by atoms with Crippen molar-refractivity contribution in [1.29, 1.82) is 0 Å². The summed E-state index contributed by atoms with van der Waals surface area (Å²) >= 11 is 2.58. The number of nitrogens with one attached hydrogen (secondary N) is 1. The van der Waals surface area contributed by atoms with E-state index in [2.05, 4.69) is 14.7 Å². The number of anilines is 2. The SMILES string of the molecule is COC(=O)c1ccsc1N1CCC(Nc2nc(-c3ccccc3)ns2)C1=O. The maximum Gasteiger partial charge on any atom is 0.340 e. The summed E-state index contributed by atoms with van der Waals surface area (Å²) in [5.74, 6) is 0.114. The van der Waals surface area contributed by atoms with Crippen molar-refractivity contribution in [3.05, 3.63) is 47.3 Å². The van der Waals surface area contributed by atoms with E-state index in [0.717, 1.165) is 5.56 Å². The Morgan fingerprint density at radius 3 is 2.89 bits per heavy atom. The summed E-state index contributed by atoms with van der Waals surface area (Å²) < 4.78 is 9.15. The summed E-state index contributed by atoms with van der Waals surface area (Å²) in [6, 6.07) is 11.0. The molecular weight excluding hydrogens is 384 g/mol. The minimum absolute atomic E-state index is 0.0842. The fraction of sp³-hybridized carbons (Fsp3) is 0.222. The lowest BCUT2D eigenvalue weighted by atomic mass is 10.2. The van der Waals surface area contributed by atoms with Crippen LogP contribution in [0.15, 0.2) is 41.8 Å². The molecule has 1 aliphatic heterocycles. The third-order valence-corrected chi connectivity index (χ3v) is 5.84. The summed E-state index contributed by atoms with van der Waals surface area (Å²) in [5, 5.41) is 6.19. The van der Waals surface area contributed by atoms with Gasteiger partial charge in [0.25, 0.3) is 0 Å². The van der Waals surface area contributed by atoms with E-state index in [9.17, 15) is 9.59 Å². The number of ether oxygens (including phenoxy) is 1. The molecule has 1 atom stereocenters. The third kappa shape index (κ3) is 3.43. The molecule has 0 saturated carbocycles. The first kappa shape index (κ1) is 17.6. The van der Waals surface area contributed by atoms with E-state index >= 15 is 0 Å². The van der Waals surface area contributed by atoms with Gasteiger partial charge in [-0.1, -0.05) is 30.3 Å². The average Bonchev–Trinajstić information content (AvgIpc) is 3.43. The van der Waals surface area contributed by atoms with Gasteiger partial charge in [0.2, 0.25) is 11.0 Å². The normalized spacial score (nSPS) is 16.6. The standard InChI is InChI=1S/C18H16N4O3S2/c1-25-17(24)12-8-10-26-16(12)22-9-7-13(15(22)23)19-18-20-14(21-27-18)11-5-3-2-4-6-11/h2-6,8,10,13H,7,9H2,1H3,(H,19,20,21). The number of esters is 1. The molecule has 1 N–H and O–H groups in total. The zero-order chi connectivity index (χ0) is 18.8. The number of methoxy groups -OCH3 is 1. The van der Waals surface area contributed by atoms with Crippen molar-refractivity contribution in [1.82, 2.24) is 9.36 Å². The van der Waals surface area contributed by atoms with Gasteiger partial charge >= 0.3 is 5.97 Å². The van der Waals surface area contributed by atoms with Crippen LogP contribution in [-0.2, 0) is 9.53 Å². The van der Waals surface area contributed by atoms with Gasteiger partial charge < -0.3 is 15.0 Å². The third-order valence-electron chi connectivity index (χ3n) is 4.26. The van der Waals surface area contributed by atoms with Crippen molar-refractivity contribution >= 4 is 44.9 Å². The molecule has 1 aromatic carbocycles. The molecule has 1 unspecified atom stereocenters. The Morgan fingerprint density at radius 2 is 2.11 bits per heavy atom. The lowest BCUT2D eigenvalue weighted by Crippen LogP contribution is -2.33. The quantitative estimate of drug-likeness (QED) is 0.662. The van der Waals surface area contributed by atoms with Gasteiger partial charge in [0.15, 0.2) is 5.82 Å². The molecular formula is C18H16N4O3S2. The fourth-order valence-corrected chi connectivity index (χ4v) is 4.49. The lowest BCUT2D eigenvalue weighted by Gasteiger charge is -2.16. The molecule has 1 amide bonds. The van der Waals surface area contributed by atoms with Crippen molar-refractivity contribution < 1.29 is 14.3 Å². The van der Waals surface area contributed by atoms with Crippen LogP contribution in [0, 0.1) is 0 Å². The Labute approximate surface area is 163 Å². The lowest BCUT2D eigenvalue weighted by molar-refractivity contribution is -0.117. The second-order valence-corrected chi connectivity index (χ2v) is 7.54. The molecule has 3 aromatic rings. The maximum absolute atomic E-state index is 12.8. The number of carbonyl (C=O) groups excluding carboxylic acids is 2. The van der Waals surface area contributed by atoms with Gasteiger partial charge in [-0.25, -0.2) is 4.79 Å². The van der Waals surface area contributed by atoms with E-state index in [1.807, 2.05) is 30.3 Å². The van der Waals surface area contributed by atoms with E-state index in [0.29, 0.717) is 34.5 Å². The number of amides is 1. The summed E-state index contributed by atoms with van der Waals surface area (Å²) in [5.41, 5.74) is 1.35. The van der Waals surface area contributed by atoms with E-state index < -0.39 is 12.0 Å². The van der Waals surface area contributed by atoms with Crippen LogP contribution >= 0.6 is 22.9 Å². The molecule has 4 rings (SSSR count). The van der Waals surface area contributed by atoms with Crippen molar-refractivity contribution in [2.75, 3.05) is 23.9 Å². The second kappa shape index (κ2) is 7.45. The number of hydrogen-bond donors (Lipinski definition) is 1. The number of hydrogen-bond acceptors (Lipinski definition) is 8. The smallest absolute Gasteiger partial charge is 0.340 e. The van der Waals surface area contributed by atoms with Crippen molar-refractivity contribution in [2.24, 2.45) is 0 Å². The highest BCUT2D eigenvalue weighted by molar-refractivity contribution is 7.14. The minimum atomic E-state index is -0.438. The highest BCUT2D eigenvalue weighted by Crippen LogP contribution is 2.33. The Hall–Kier alpha value is -2.78. The van der Waals surface area contributed by atoms with Gasteiger partial charge in [-0.15, -0.1) is 11.3 Å². The van der Waals surface area contributed by atoms with Gasteiger partial charge in [-0.3, -0.25) is 4.79 Å². The van der Waals surface area contributed by atoms with Crippen LogP contribution in [0.3, 0.4) is 0 Å². The molecule has 1 aliphatic rings. The first-order valence-electron chi connectivity index (χ1n) is 8.30. The van der Waals surface area contributed by atoms with E-state index in [1.165, 1.54) is 30.0 Å². The predicted molar refractivity (Wildman–Crippen MR) is 105 cm³/mol. The Balaban J connectivity index is 1.48. The molecule has 138 valence electrons. The number of aromatic nitrogens is 2. The fourth-order valence-electron chi connectivity index (χ4n) is 2.93. The van der Waals surface area contributed by atoms with Crippen LogP contribution in [0.5, 0.6) is 0 Å². The number of nitrogens with zero attached hydrogens (tertiary/aromatic N) is 3. The molecule has 0 spiro atoms. The summed E-state index contributed by atoms with van der Waals surface area (Å²) in [4.78, 5) is 30.8. The molecule has 7 nitrogen and oxygen atoms in total. The number of carbonyl (C=O) groups is 2. The Kier molecular flexibility index (Phi) is 4.87. The number of benzene rings is 1. The van der Waals surface area contributed by atoms with Crippen LogP contribution in [-0.4, -0.2) is 40.9 Å². The topological polar surface area (TPSA) is 84.4 Å². The van der Waals surface area contributed by atoms with Crippen LogP contribution in [0.25, 0.3) is 11.4 Å². The summed E-state index contributed by atoms with van der Waals surface area (Å²) in [6.07, 6.45) is 0.623. The maximum atomic E-state index is 12.8. The number of thiophene rings is 1. The van der Waals surface area contributed by atoms with Crippen molar-refractivity contribution in [3.63, 3.8) is 0 Å². The minimum Gasteiger partial charge on any atom is -0.465 e. The molecule has 0 aliphatic carbocycles. The number of rotatable bonds is 5. The first-order chi connectivity index (χ1) is 13.2. The largest absolute Gasteiger partial charge is 0.465 e. The molecule has 0 radical (unpaired) electrons. The molecule has 1 fully saturated rings. The van der Waals surface area contributed by atoms with E-state index in [1.54, 1.807) is 16.3 Å². The monoisotopic (exact) mass is 400 g/mol. The zero-order valence-corrected chi connectivity index (χ0v) is 16.0. The average molecular weight is 400 g/mol. The Morgan fingerprint density at radius 1 is 1.30 bits per heavy atom. The van der Waals surface area contributed by atoms with Gasteiger partial charge in [0.05, 0.1) is 12.7 Å². The van der Waals surface area contributed by atoms with Gasteiger partial charge in [-0.05, 0) is 17.9 Å². The Bertz CT molecular complexity index is 970. The highest BCUT2D eigenvalue weighted by Gasteiger charge is 2.35. The van der Waals surface area contributed by atoms with E-state index in [-0.39, 0.29) is 5.91 Å². The van der Waals surface area contributed by atoms with Crippen LogP contribution < -0.4 is 10.2 Å². The van der Waals surface area contributed by atoms with Crippen LogP contribution in [0.4, 0.5) is 10.1 Å². The molecule has 9 heteroatoms. The first-order valence-corrected chi connectivity index (χ1v) is 9.95. The molecule has 0 bridgehead atoms. The van der Waals surface area contributed by atoms with Gasteiger partial charge in [-0.2, -0.15) is 9.36 Å². The van der Waals surface area contributed by atoms with E-state index in [4.69, 9.17) is 4.74 Å². The van der Waals surface area contributed by atoms with Crippen molar-refractivity contribution in [3.8, 4) is 11.4 Å². The summed E-state index contributed by atoms with van der Waals surface area (Å²) in [6.45, 7) is 0.533. The zero-order valence-electron chi connectivity index (χ0n) is 14.4. The van der Waals surface area contributed by atoms with Gasteiger partial charge in [0.1, 0.15) is 11.0 Å². The molecule has 3 heterocycles. The molecule has 2 aromatic heterocycles. The molecule has 1 saturated heterocycles. The van der Waals surface area contributed by atoms with Crippen molar-refractivity contribution in [2.45, 2.75) is 12.5 Å². The van der Waals surface area contributed by atoms with Gasteiger partial charge in [0, 0.05) is 23.6 Å². The van der Waals surface area contributed by atoms with Crippen LogP contribution in [0.1, 0.15) is 16.8 Å². The molecule has 27 heavy (non-hydrogen) atoms. The summed E-state index contributed by atoms with van der Waals surface area (Å²) in [7, 11) is 1.33. The predicted octanol–water partition coefficient (Wildman–Crippen LogP) is 3.27. The van der Waals surface area contributed by atoms with Crippen LogP contribution in [0.2, 0.25) is 0 Å².